The standard InChI is InChI=1S/C12H23N3/c1-6-9(2)13-7-10(3)15-8-14-11(4)12(15)5/h8-10,13H,6-7H2,1-5H3. The molecule has 0 aliphatic heterocycles. The average Bonchev–Trinajstić information content (AvgIpc) is 2.56. The van der Waals surface area contributed by atoms with E-state index in [4.69, 9.17) is 0 Å². The van der Waals surface area contributed by atoms with Gasteiger partial charge in [-0.1, -0.05) is 6.92 Å². The van der Waals surface area contributed by atoms with Crippen molar-refractivity contribution in [2.75, 3.05) is 6.54 Å². The molecule has 1 heterocycles. The van der Waals surface area contributed by atoms with E-state index < -0.39 is 0 Å². The van der Waals surface area contributed by atoms with E-state index in [9.17, 15) is 0 Å². The fourth-order valence-corrected chi connectivity index (χ4v) is 1.57. The van der Waals surface area contributed by atoms with Gasteiger partial charge in [0.1, 0.15) is 0 Å². The summed E-state index contributed by atoms with van der Waals surface area (Å²) in [5, 5.41) is 3.52. The Kier molecular flexibility index (Phi) is 4.33. The summed E-state index contributed by atoms with van der Waals surface area (Å²) in [5.74, 6) is 0. The fourth-order valence-electron chi connectivity index (χ4n) is 1.57. The molecule has 2 atom stereocenters. The summed E-state index contributed by atoms with van der Waals surface area (Å²) in [7, 11) is 0. The molecule has 2 unspecified atom stereocenters. The van der Waals surface area contributed by atoms with Crippen molar-refractivity contribution in [2.45, 2.75) is 53.1 Å². The van der Waals surface area contributed by atoms with Crippen molar-refractivity contribution >= 4 is 0 Å². The molecule has 0 radical (unpaired) electrons. The molecule has 0 bridgehead atoms. The molecular formula is C12H23N3. The van der Waals surface area contributed by atoms with Gasteiger partial charge in [0.05, 0.1) is 12.0 Å². The van der Waals surface area contributed by atoms with Crippen LogP contribution < -0.4 is 5.32 Å². The zero-order chi connectivity index (χ0) is 11.4. The number of rotatable bonds is 5. The van der Waals surface area contributed by atoms with Gasteiger partial charge in [0, 0.05) is 24.3 Å². The zero-order valence-corrected chi connectivity index (χ0v) is 10.5. The molecule has 15 heavy (non-hydrogen) atoms. The van der Waals surface area contributed by atoms with E-state index in [2.05, 4.69) is 49.5 Å². The van der Waals surface area contributed by atoms with Crippen LogP contribution >= 0.6 is 0 Å². The lowest BCUT2D eigenvalue weighted by molar-refractivity contribution is 0.440. The maximum Gasteiger partial charge on any atom is 0.0954 e. The molecule has 0 saturated heterocycles. The van der Waals surface area contributed by atoms with Gasteiger partial charge in [-0.15, -0.1) is 0 Å². The van der Waals surface area contributed by atoms with Gasteiger partial charge >= 0.3 is 0 Å². The summed E-state index contributed by atoms with van der Waals surface area (Å²) < 4.78 is 2.24. The Hall–Kier alpha value is -0.830. The van der Waals surface area contributed by atoms with E-state index in [0.717, 1.165) is 12.2 Å². The molecule has 1 N–H and O–H groups in total. The molecule has 1 rings (SSSR count). The second kappa shape index (κ2) is 5.31. The van der Waals surface area contributed by atoms with E-state index in [0.29, 0.717) is 12.1 Å². The van der Waals surface area contributed by atoms with Crippen LogP contribution in [0.2, 0.25) is 0 Å². The first-order valence-corrected chi connectivity index (χ1v) is 5.79. The number of aryl methyl sites for hydroxylation is 1. The highest BCUT2D eigenvalue weighted by Crippen LogP contribution is 2.11. The third-order valence-electron chi connectivity index (χ3n) is 3.14. The first kappa shape index (κ1) is 12.2. The smallest absolute Gasteiger partial charge is 0.0954 e. The topological polar surface area (TPSA) is 29.9 Å². The lowest BCUT2D eigenvalue weighted by atomic mass is 10.2. The van der Waals surface area contributed by atoms with Crippen molar-refractivity contribution < 1.29 is 0 Å². The van der Waals surface area contributed by atoms with Crippen molar-refractivity contribution in [3.8, 4) is 0 Å². The lowest BCUT2D eigenvalue weighted by Crippen LogP contribution is -2.31. The molecule has 0 fully saturated rings. The van der Waals surface area contributed by atoms with Gasteiger partial charge in [-0.05, 0) is 34.1 Å². The third-order valence-corrected chi connectivity index (χ3v) is 3.14. The Labute approximate surface area is 92.9 Å². The number of nitrogens with zero attached hydrogens (tertiary/aromatic N) is 2. The van der Waals surface area contributed by atoms with Crippen LogP contribution in [0.25, 0.3) is 0 Å². The van der Waals surface area contributed by atoms with Crippen molar-refractivity contribution in [2.24, 2.45) is 0 Å². The Morgan fingerprint density at radius 3 is 2.53 bits per heavy atom. The van der Waals surface area contributed by atoms with Gasteiger partial charge in [-0.2, -0.15) is 0 Å². The van der Waals surface area contributed by atoms with Crippen molar-refractivity contribution in [3.63, 3.8) is 0 Å². The SMILES string of the molecule is CCC(C)NCC(C)n1cnc(C)c1C. The van der Waals surface area contributed by atoms with Crippen LogP contribution in [-0.2, 0) is 0 Å². The summed E-state index contributed by atoms with van der Waals surface area (Å²) >= 11 is 0. The summed E-state index contributed by atoms with van der Waals surface area (Å²) in [5.41, 5.74) is 2.40. The van der Waals surface area contributed by atoms with E-state index in [1.165, 1.54) is 12.1 Å². The summed E-state index contributed by atoms with van der Waals surface area (Å²) in [6, 6.07) is 1.07. The molecule has 1 aromatic rings. The molecular weight excluding hydrogens is 186 g/mol. The highest BCUT2D eigenvalue weighted by Gasteiger charge is 2.09. The van der Waals surface area contributed by atoms with E-state index in [1.54, 1.807) is 0 Å². The minimum absolute atomic E-state index is 0.472. The Bertz CT molecular complexity index is 304. The molecule has 1 aromatic heterocycles. The molecule has 0 aliphatic carbocycles. The highest BCUT2D eigenvalue weighted by molar-refractivity contribution is 5.09. The predicted molar refractivity (Wildman–Crippen MR) is 64.2 cm³/mol. The van der Waals surface area contributed by atoms with Crippen molar-refractivity contribution in [3.05, 3.63) is 17.7 Å². The highest BCUT2D eigenvalue weighted by atomic mass is 15.1. The second-order valence-electron chi connectivity index (χ2n) is 4.39. The number of imidazole rings is 1. The van der Waals surface area contributed by atoms with Crippen molar-refractivity contribution in [1.29, 1.82) is 0 Å². The Morgan fingerprint density at radius 2 is 2.07 bits per heavy atom. The lowest BCUT2D eigenvalue weighted by Gasteiger charge is -2.19. The Morgan fingerprint density at radius 1 is 1.40 bits per heavy atom. The largest absolute Gasteiger partial charge is 0.331 e. The van der Waals surface area contributed by atoms with E-state index >= 15 is 0 Å². The normalized spacial score (nSPS) is 15.3. The molecule has 0 saturated carbocycles. The summed E-state index contributed by atoms with van der Waals surface area (Å²) in [6.45, 7) is 11.8. The van der Waals surface area contributed by atoms with Crippen LogP contribution in [0.15, 0.2) is 6.33 Å². The minimum atomic E-state index is 0.472. The maximum atomic E-state index is 4.32. The molecule has 0 aromatic carbocycles. The molecule has 0 aliphatic rings. The number of hydrogen-bond acceptors (Lipinski definition) is 2. The molecule has 0 spiro atoms. The van der Waals surface area contributed by atoms with Crippen LogP contribution in [-0.4, -0.2) is 22.1 Å². The van der Waals surface area contributed by atoms with Gasteiger partial charge in [0.25, 0.3) is 0 Å². The van der Waals surface area contributed by atoms with Crippen LogP contribution in [0, 0.1) is 13.8 Å². The predicted octanol–water partition coefficient (Wildman–Crippen LogP) is 2.45. The van der Waals surface area contributed by atoms with Crippen LogP contribution in [0.1, 0.15) is 44.6 Å². The zero-order valence-electron chi connectivity index (χ0n) is 10.5. The number of hydrogen-bond donors (Lipinski definition) is 1. The number of aromatic nitrogens is 2. The van der Waals surface area contributed by atoms with Gasteiger partial charge in [-0.3, -0.25) is 0 Å². The summed E-state index contributed by atoms with van der Waals surface area (Å²) in [4.78, 5) is 4.32. The molecule has 86 valence electrons. The molecule has 3 heteroatoms. The quantitative estimate of drug-likeness (QED) is 0.807. The molecule has 3 nitrogen and oxygen atoms in total. The van der Waals surface area contributed by atoms with E-state index in [-0.39, 0.29) is 0 Å². The average molecular weight is 209 g/mol. The third kappa shape index (κ3) is 3.06. The number of nitrogens with one attached hydrogen (secondary N) is 1. The minimum Gasteiger partial charge on any atom is -0.331 e. The van der Waals surface area contributed by atoms with Crippen LogP contribution in [0.5, 0.6) is 0 Å². The Balaban J connectivity index is 2.54. The monoisotopic (exact) mass is 209 g/mol. The van der Waals surface area contributed by atoms with Crippen molar-refractivity contribution in [1.82, 2.24) is 14.9 Å². The van der Waals surface area contributed by atoms with Gasteiger partial charge < -0.3 is 9.88 Å². The van der Waals surface area contributed by atoms with Gasteiger partial charge in [-0.25, -0.2) is 4.98 Å². The maximum absolute atomic E-state index is 4.32. The van der Waals surface area contributed by atoms with Crippen LogP contribution in [0.3, 0.4) is 0 Å². The summed E-state index contributed by atoms with van der Waals surface area (Å²) in [6.07, 6.45) is 3.11. The van der Waals surface area contributed by atoms with Gasteiger partial charge in [0.15, 0.2) is 0 Å². The first-order chi connectivity index (χ1) is 7.06. The first-order valence-electron chi connectivity index (χ1n) is 5.79. The van der Waals surface area contributed by atoms with E-state index in [1.807, 2.05) is 6.33 Å². The van der Waals surface area contributed by atoms with Gasteiger partial charge in [0.2, 0.25) is 0 Å². The fraction of sp³-hybridized carbons (Fsp3) is 0.750. The molecule has 0 amide bonds. The van der Waals surface area contributed by atoms with Crippen LogP contribution in [0.4, 0.5) is 0 Å². The second-order valence-corrected chi connectivity index (χ2v) is 4.39.